The van der Waals surface area contributed by atoms with E-state index in [-0.39, 0.29) is 0 Å². The van der Waals surface area contributed by atoms with E-state index in [1.165, 1.54) is 0 Å². The summed E-state index contributed by atoms with van der Waals surface area (Å²) in [6, 6.07) is 0. The van der Waals surface area contributed by atoms with Gasteiger partial charge in [-0.2, -0.15) is 0 Å². The van der Waals surface area contributed by atoms with Crippen LogP contribution in [-0.4, -0.2) is 23.3 Å². The monoisotopic (exact) mass is 210 g/mol. The van der Waals surface area contributed by atoms with Crippen LogP contribution >= 0.6 is 0 Å². The van der Waals surface area contributed by atoms with E-state index >= 15 is 0 Å². The molecule has 0 heterocycles. The van der Waals surface area contributed by atoms with Crippen LogP contribution in [0.15, 0.2) is 0 Å². The normalized spacial score (nSPS) is 19.6. The molecule has 0 aromatic heterocycles. The highest BCUT2D eigenvalue weighted by atomic mass is 16.5. The molecule has 1 aliphatic rings. The minimum Gasteiger partial charge on any atom is -0.456 e. The second kappa shape index (κ2) is 5.77. The second-order valence-corrected chi connectivity index (χ2v) is 3.92. The van der Waals surface area contributed by atoms with Crippen molar-refractivity contribution in [1.29, 1.82) is 0 Å². The van der Waals surface area contributed by atoms with E-state index in [2.05, 4.69) is 16.6 Å². The number of carbonyl (C=O) groups excluding carboxylic acids is 1. The van der Waals surface area contributed by atoms with Gasteiger partial charge in [-0.1, -0.05) is 18.8 Å². The van der Waals surface area contributed by atoms with E-state index in [0.717, 1.165) is 25.7 Å². The molecule has 15 heavy (non-hydrogen) atoms. The van der Waals surface area contributed by atoms with Crippen LogP contribution in [0.4, 0.5) is 0 Å². The molecule has 1 fully saturated rings. The van der Waals surface area contributed by atoms with E-state index in [9.17, 15) is 9.90 Å². The average Bonchev–Trinajstić information content (AvgIpc) is 2.42. The zero-order valence-corrected chi connectivity index (χ0v) is 9.21. The predicted octanol–water partition coefficient (Wildman–Crippen LogP) is 1.64. The summed E-state index contributed by atoms with van der Waals surface area (Å²) in [5.74, 6) is 4.47. The summed E-state index contributed by atoms with van der Waals surface area (Å²) in [6.45, 7) is 2.06. The number of aliphatic hydroxyl groups is 1. The Morgan fingerprint density at radius 2 is 1.93 bits per heavy atom. The summed E-state index contributed by atoms with van der Waals surface area (Å²) in [5.41, 5.74) is -0.969. The Bertz CT molecular complexity index is 264. The topological polar surface area (TPSA) is 46.5 Å². The number of esters is 1. The summed E-state index contributed by atoms with van der Waals surface area (Å²) in [7, 11) is 0. The molecule has 0 saturated heterocycles. The molecule has 84 valence electrons. The summed E-state index contributed by atoms with van der Waals surface area (Å²) in [6.07, 6.45) is 5.58. The van der Waals surface area contributed by atoms with E-state index in [0.29, 0.717) is 19.4 Å². The molecule has 0 radical (unpaired) electrons. The fraction of sp³-hybridized carbons (Fsp3) is 0.750. The first-order chi connectivity index (χ1) is 7.16. The van der Waals surface area contributed by atoms with Gasteiger partial charge in [-0.25, -0.2) is 4.79 Å². The first-order valence-corrected chi connectivity index (χ1v) is 5.58. The van der Waals surface area contributed by atoms with Crippen LogP contribution in [0, 0.1) is 11.8 Å². The fourth-order valence-electron chi connectivity index (χ4n) is 1.77. The summed E-state index contributed by atoms with van der Waals surface area (Å²) in [4.78, 5) is 11.0. The minimum absolute atomic E-state index is 0.325. The van der Waals surface area contributed by atoms with Gasteiger partial charge < -0.3 is 9.84 Å². The van der Waals surface area contributed by atoms with Crippen molar-refractivity contribution in [2.75, 3.05) is 6.61 Å². The summed E-state index contributed by atoms with van der Waals surface area (Å²) >= 11 is 0. The predicted molar refractivity (Wildman–Crippen MR) is 57.1 cm³/mol. The van der Waals surface area contributed by atoms with E-state index in [4.69, 9.17) is 0 Å². The van der Waals surface area contributed by atoms with Gasteiger partial charge in [-0.05, 0) is 32.6 Å². The lowest BCUT2D eigenvalue weighted by Gasteiger charge is -2.18. The van der Waals surface area contributed by atoms with Crippen LogP contribution in [-0.2, 0) is 9.53 Å². The lowest BCUT2D eigenvalue weighted by molar-refractivity contribution is -0.136. The van der Waals surface area contributed by atoms with E-state index in [1.807, 2.05) is 0 Å². The highest BCUT2D eigenvalue weighted by Crippen LogP contribution is 2.26. The van der Waals surface area contributed by atoms with Crippen molar-refractivity contribution in [3.63, 3.8) is 0 Å². The third-order valence-electron chi connectivity index (χ3n) is 2.60. The van der Waals surface area contributed by atoms with Gasteiger partial charge in [0.1, 0.15) is 5.60 Å². The Morgan fingerprint density at radius 3 is 2.47 bits per heavy atom. The molecule has 0 atom stereocenters. The second-order valence-electron chi connectivity index (χ2n) is 3.92. The average molecular weight is 210 g/mol. The van der Waals surface area contributed by atoms with Gasteiger partial charge in [-0.15, -0.1) is 0 Å². The maximum absolute atomic E-state index is 11.0. The Balaban J connectivity index is 2.56. The van der Waals surface area contributed by atoms with Crippen molar-refractivity contribution in [2.24, 2.45) is 0 Å². The van der Waals surface area contributed by atoms with Crippen LogP contribution < -0.4 is 0 Å². The molecule has 0 unspecified atom stereocenters. The van der Waals surface area contributed by atoms with Gasteiger partial charge in [0, 0.05) is 5.92 Å². The molecule has 0 bridgehead atoms. The molecular formula is C12H18O3. The van der Waals surface area contributed by atoms with Crippen LogP contribution in [0.2, 0.25) is 0 Å². The van der Waals surface area contributed by atoms with Crippen LogP contribution in [0.5, 0.6) is 0 Å². The molecule has 0 amide bonds. The Hall–Kier alpha value is -1.01. The first kappa shape index (κ1) is 12.1. The molecule has 0 aliphatic heterocycles. The first-order valence-electron chi connectivity index (χ1n) is 5.58. The number of ether oxygens (including phenoxy) is 1. The van der Waals surface area contributed by atoms with Crippen molar-refractivity contribution >= 4 is 5.97 Å². The maximum atomic E-state index is 11.0. The highest BCUT2D eigenvalue weighted by molar-refractivity contribution is 5.88. The third kappa shape index (κ3) is 4.35. The largest absolute Gasteiger partial charge is 0.456 e. The lowest BCUT2D eigenvalue weighted by Crippen LogP contribution is -2.25. The molecule has 0 spiro atoms. The van der Waals surface area contributed by atoms with Crippen molar-refractivity contribution in [2.45, 2.75) is 51.0 Å². The number of hydrogen-bond donors (Lipinski definition) is 1. The molecule has 0 aromatic rings. The fourth-order valence-corrected chi connectivity index (χ4v) is 1.77. The SMILES string of the molecule is CCOC(=O)C#CC1(O)CCCCCC1. The molecular weight excluding hydrogens is 192 g/mol. The maximum Gasteiger partial charge on any atom is 0.384 e. The van der Waals surface area contributed by atoms with Gasteiger partial charge in [0.15, 0.2) is 0 Å². The third-order valence-corrected chi connectivity index (χ3v) is 2.60. The van der Waals surface area contributed by atoms with E-state index < -0.39 is 11.6 Å². The van der Waals surface area contributed by atoms with E-state index in [1.54, 1.807) is 6.92 Å². The van der Waals surface area contributed by atoms with Gasteiger partial charge in [0.25, 0.3) is 0 Å². The molecule has 3 heteroatoms. The summed E-state index contributed by atoms with van der Waals surface area (Å²) < 4.78 is 4.69. The molecule has 1 aliphatic carbocycles. The zero-order chi connectivity index (χ0) is 11.1. The highest BCUT2D eigenvalue weighted by Gasteiger charge is 2.25. The molecule has 1 rings (SSSR count). The number of hydrogen-bond acceptors (Lipinski definition) is 3. The Morgan fingerprint density at radius 1 is 1.33 bits per heavy atom. The number of rotatable bonds is 1. The smallest absolute Gasteiger partial charge is 0.384 e. The molecule has 3 nitrogen and oxygen atoms in total. The minimum atomic E-state index is -0.969. The molecule has 0 aromatic carbocycles. The van der Waals surface area contributed by atoms with Crippen LogP contribution in [0.3, 0.4) is 0 Å². The zero-order valence-electron chi connectivity index (χ0n) is 9.21. The number of carbonyl (C=O) groups is 1. The van der Waals surface area contributed by atoms with Crippen molar-refractivity contribution in [1.82, 2.24) is 0 Å². The van der Waals surface area contributed by atoms with Crippen molar-refractivity contribution in [3.8, 4) is 11.8 Å². The van der Waals surface area contributed by atoms with Gasteiger partial charge in [0.05, 0.1) is 6.61 Å². The van der Waals surface area contributed by atoms with Crippen molar-refractivity contribution in [3.05, 3.63) is 0 Å². The Labute approximate surface area is 90.8 Å². The quantitative estimate of drug-likeness (QED) is 0.310. The molecule has 1 N–H and O–H groups in total. The van der Waals surface area contributed by atoms with Crippen LogP contribution in [0.25, 0.3) is 0 Å². The van der Waals surface area contributed by atoms with Crippen LogP contribution in [0.1, 0.15) is 45.4 Å². The molecule has 1 saturated carbocycles. The van der Waals surface area contributed by atoms with Gasteiger partial charge in [-0.3, -0.25) is 0 Å². The Kier molecular flexibility index (Phi) is 4.64. The van der Waals surface area contributed by atoms with Gasteiger partial charge >= 0.3 is 5.97 Å². The lowest BCUT2D eigenvalue weighted by atomic mass is 9.95. The van der Waals surface area contributed by atoms with Crippen molar-refractivity contribution < 1.29 is 14.6 Å². The standard InChI is InChI=1S/C12H18O3/c1-2-15-11(13)7-10-12(14)8-5-3-4-6-9-12/h14H,2-6,8-9H2,1H3. The van der Waals surface area contributed by atoms with Gasteiger partial charge in [0.2, 0.25) is 0 Å². The summed E-state index contributed by atoms with van der Waals surface area (Å²) in [5, 5.41) is 10.1.